The molecule has 1 rings (SSSR count). The van der Waals surface area contributed by atoms with Crippen LogP contribution in [0.5, 0.6) is 0 Å². The maximum atomic E-state index is 10.4. The number of hydrogen-bond donors (Lipinski definition) is 0. The van der Waals surface area contributed by atoms with E-state index in [1.165, 1.54) is 12.2 Å². The first kappa shape index (κ1) is 8.46. The summed E-state index contributed by atoms with van der Waals surface area (Å²) in [5.41, 5.74) is 0.438. The van der Waals surface area contributed by atoms with Crippen LogP contribution in [0, 0.1) is 0 Å². The summed E-state index contributed by atoms with van der Waals surface area (Å²) in [6, 6.07) is 0. The molecule has 1 aliphatic rings. The molecule has 0 saturated carbocycles. The fourth-order valence-electron chi connectivity index (χ4n) is 0.878. The zero-order valence-corrected chi connectivity index (χ0v) is 6.40. The van der Waals surface area contributed by atoms with Crippen molar-refractivity contribution in [3.05, 3.63) is 36.1 Å². The van der Waals surface area contributed by atoms with Crippen LogP contribution in [0.15, 0.2) is 36.1 Å². The van der Waals surface area contributed by atoms with Crippen LogP contribution in [-0.2, 0) is 14.3 Å². The van der Waals surface area contributed by atoms with Crippen molar-refractivity contribution in [1.29, 1.82) is 0 Å². The number of allylic oxidation sites excluding steroid dienone is 3. The SMILES string of the molecule is C=CC1C=C(C=O)C=C(C=O)O1. The number of carbonyl (C=O) groups excluding carboxylic acids is 2. The van der Waals surface area contributed by atoms with Gasteiger partial charge in [-0.15, -0.1) is 0 Å². The van der Waals surface area contributed by atoms with Gasteiger partial charge in [0.15, 0.2) is 12.0 Å². The predicted octanol–water partition coefficient (Wildman–Crippen LogP) is 0.779. The van der Waals surface area contributed by atoms with Gasteiger partial charge in [0, 0.05) is 5.57 Å². The van der Waals surface area contributed by atoms with E-state index < -0.39 is 0 Å². The molecule has 62 valence electrons. The lowest BCUT2D eigenvalue weighted by Gasteiger charge is -2.15. The van der Waals surface area contributed by atoms with Crippen molar-refractivity contribution in [2.45, 2.75) is 6.10 Å². The van der Waals surface area contributed by atoms with Crippen molar-refractivity contribution in [1.82, 2.24) is 0 Å². The molecule has 12 heavy (non-hydrogen) atoms. The molecule has 0 bridgehead atoms. The molecule has 0 fully saturated rings. The van der Waals surface area contributed by atoms with E-state index in [9.17, 15) is 9.59 Å². The lowest BCUT2D eigenvalue weighted by molar-refractivity contribution is -0.108. The van der Waals surface area contributed by atoms with Gasteiger partial charge in [-0.2, -0.15) is 0 Å². The Balaban J connectivity index is 2.91. The standard InChI is InChI=1S/C9H8O3/c1-2-8-3-7(5-10)4-9(6-11)12-8/h2-6,8H,1H2. The second-order valence-electron chi connectivity index (χ2n) is 2.27. The molecule has 1 heterocycles. The highest BCUT2D eigenvalue weighted by molar-refractivity contribution is 5.83. The molecule has 3 heteroatoms. The van der Waals surface area contributed by atoms with Crippen LogP contribution >= 0.6 is 0 Å². The number of hydrogen-bond acceptors (Lipinski definition) is 3. The van der Waals surface area contributed by atoms with Crippen LogP contribution in [0.25, 0.3) is 0 Å². The fourth-order valence-corrected chi connectivity index (χ4v) is 0.878. The lowest BCUT2D eigenvalue weighted by atomic mass is 10.1. The van der Waals surface area contributed by atoms with Crippen LogP contribution in [-0.4, -0.2) is 18.7 Å². The molecular formula is C9H8O3. The Bertz CT molecular complexity index is 273. The summed E-state index contributed by atoms with van der Waals surface area (Å²) in [4.78, 5) is 20.7. The molecular weight excluding hydrogens is 156 g/mol. The third-order valence-electron chi connectivity index (χ3n) is 1.42. The second kappa shape index (κ2) is 3.67. The van der Waals surface area contributed by atoms with E-state index in [2.05, 4.69) is 6.58 Å². The molecule has 0 aromatic heterocycles. The normalized spacial score (nSPS) is 21.5. The summed E-state index contributed by atoms with van der Waals surface area (Å²) in [5.74, 6) is 0.157. The van der Waals surface area contributed by atoms with Gasteiger partial charge in [-0.1, -0.05) is 6.58 Å². The summed E-state index contributed by atoms with van der Waals surface area (Å²) in [6.07, 6.45) is 5.35. The molecule has 0 amide bonds. The van der Waals surface area contributed by atoms with Gasteiger partial charge in [-0.05, 0) is 18.2 Å². The zero-order chi connectivity index (χ0) is 8.97. The highest BCUT2D eigenvalue weighted by Crippen LogP contribution is 2.13. The molecule has 0 aliphatic carbocycles. The number of ether oxygens (including phenoxy) is 1. The van der Waals surface area contributed by atoms with Crippen LogP contribution in [0.1, 0.15) is 0 Å². The monoisotopic (exact) mass is 164 g/mol. The van der Waals surface area contributed by atoms with Gasteiger partial charge in [-0.25, -0.2) is 0 Å². The molecule has 0 N–H and O–H groups in total. The van der Waals surface area contributed by atoms with Crippen LogP contribution in [0.2, 0.25) is 0 Å². The van der Waals surface area contributed by atoms with E-state index in [-0.39, 0.29) is 11.9 Å². The van der Waals surface area contributed by atoms with E-state index in [1.807, 2.05) is 0 Å². The van der Waals surface area contributed by atoms with Crippen molar-refractivity contribution in [3.63, 3.8) is 0 Å². The van der Waals surface area contributed by atoms with Gasteiger partial charge in [0.1, 0.15) is 12.4 Å². The van der Waals surface area contributed by atoms with Gasteiger partial charge in [0.05, 0.1) is 0 Å². The van der Waals surface area contributed by atoms with Gasteiger partial charge in [0.25, 0.3) is 0 Å². The van der Waals surface area contributed by atoms with Crippen LogP contribution in [0.4, 0.5) is 0 Å². The summed E-state index contributed by atoms with van der Waals surface area (Å²) in [7, 11) is 0. The molecule has 0 spiro atoms. The maximum absolute atomic E-state index is 10.4. The molecule has 1 unspecified atom stereocenters. The Morgan fingerprint density at radius 1 is 1.42 bits per heavy atom. The van der Waals surface area contributed by atoms with E-state index in [0.29, 0.717) is 18.1 Å². The fraction of sp³-hybridized carbons (Fsp3) is 0.111. The van der Waals surface area contributed by atoms with E-state index >= 15 is 0 Å². The summed E-state index contributed by atoms with van der Waals surface area (Å²) < 4.78 is 5.06. The third kappa shape index (κ3) is 1.69. The third-order valence-corrected chi connectivity index (χ3v) is 1.42. The molecule has 0 saturated heterocycles. The predicted molar refractivity (Wildman–Crippen MR) is 43.4 cm³/mol. The number of rotatable bonds is 3. The average molecular weight is 164 g/mol. The zero-order valence-electron chi connectivity index (χ0n) is 6.40. The summed E-state index contributed by atoms with van der Waals surface area (Å²) >= 11 is 0. The van der Waals surface area contributed by atoms with Crippen LogP contribution in [0.3, 0.4) is 0 Å². The van der Waals surface area contributed by atoms with Crippen molar-refractivity contribution in [2.24, 2.45) is 0 Å². The lowest BCUT2D eigenvalue weighted by Crippen LogP contribution is -2.12. The summed E-state index contributed by atoms with van der Waals surface area (Å²) in [5, 5.41) is 0. The van der Waals surface area contributed by atoms with Crippen molar-refractivity contribution < 1.29 is 14.3 Å². The first-order chi connectivity index (χ1) is 5.80. The van der Waals surface area contributed by atoms with E-state index in [4.69, 9.17) is 4.74 Å². The maximum Gasteiger partial charge on any atom is 0.184 e. The minimum Gasteiger partial charge on any atom is -0.479 e. The first-order valence-corrected chi connectivity index (χ1v) is 3.43. The Morgan fingerprint density at radius 3 is 2.67 bits per heavy atom. The van der Waals surface area contributed by atoms with Crippen molar-refractivity contribution in [3.8, 4) is 0 Å². The number of aldehydes is 2. The number of carbonyl (C=O) groups is 2. The largest absolute Gasteiger partial charge is 0.479 e. The first-order valence-electron chi connectivity index (χ1n) is 3.43. The minimum absolute atomic E-state index is 0.157. The molecule has 0 radical (unpaired) electrons. The van der Waals surface area contributed by atoms with E-state index in [1.54, 1.807) is 6.08 Å². The summed E-state index contributed by atoms with van der Waals surface area (Å²) in [6.45, 7) is 3.49. The minimum atomic E-state index is -0.379. The molecule has 0 aromatic carbocycles. The Labute approximate surface area is 70.0 Å². The molecule has 0 aromatic rings. The smallest absolute Gasteiger partial charge is 0.184 e. The van der Waals surface area contributed by atoms with Crippen LogP contribution < -0.4 is 0 Å². The molecule has 1 aliphatic heterocycles. The van der Waals surface area contributed by atoms with Gasteiger partial charge < -0.3 is 4.74 Å². The van der Waals surface area contributed by atoms with Crippen molar-refractivity contribution >= 4 is 12.6 Å². The highest BCUT2D eigenvalue weighted by Gasteiger charge is 2.11. The Kier molecular flexibility index (Phi) is 2.58. The van der Waals surface area contributed by atoms with Gasteiger partial charge in [-0.3, -0.25) is 9.59 Å². The van der Waals surface area contributed by atoms with Crippen molar-refractivity contribution in [2.75, 3.05) is 0 Å². The van der Waals surface area contributed by atoms with Gasteiger partial charge in [0.2, 0.25) is 0 Å². The topological polar surface area (TPSA) is 43.4 Å². The van der Waals surface area contributed by atoms with Gasteiger partial charge >= 0.3 is 0 Å². The average Bonchev–Trinajstić information content (AvgIpc) is 2.16. The van der Waals surface area contributed by atoms with E-state index in [0.717, 1.165) is 0 Å². The molecule has 3 nitrogen and oxygen atoms in total. The Hall–Kier alpha value is -1.64. The highest BCUT2D eigenvalue weighted by atomic mass is 16.5. The quantitative estimate of drug-likeness (QED) is 0.457. The Morgan fingerprint density at radius 2 is 2.17 bits per heavy atom. The molecule has 1 atom stereocenters. The second-order valence-corrected chi connectivity index (χ2v) is 2.27.